The van der Waals surface area contributed by atoms with Crippen molar-refractivity contribution in [3.05, 3.63) is 60.2 Å². The van der Waals surface area contributed by atoms with Crippen molar-refractivity contribution in [2.75, 3.05) is 30.3 Å². The van der Waals surface area contributed by atoms with Gasteiger partial charge in [0.15, 0.2) is 0 Å². The maximum Gasteiger partial charge on any atom is 0.240 e. The van der Waals surface area contributed by atoms with Crippen LogP contribution in [-0.2, 0) is 14.8 Å². The van der Waals surface area contributed by atoms with Gasteiger partial charge in [-0.3, -0.25) is 9.10 Å². The Bertz CT molecular complexity index is 853. The molecule has 0 radical (unpaired) electrons. The Hall–Kier alpha value is -2.54. The normalized spacial score (nSPS) is 12.3. The van der Waals surface area contributed by atoms with E-state index in [-0.39, 0.29) is 18.4 Å². The summed E-state index contributed by atoms with van der Waals surface area (Å²) in [6.07, 6.45) is 1.08. The van der Waals surface area contributed by atoms with Crippen LogP contribution in [0.4, 0.5) is 5.69 Å². The van der Waals surface area contributed by atoms with Crippen molar-refractivity contribution in [3.63, 3.8) is 0 Å². The molecule has 0 unspecified atom stereocenters. The summed E-state index contributed by atoms with van der Waals surface area (Å²) in [5, 5.41) is 2.82. The average molecular weight is 391 g/mol. The van der Waals surface area contributed by atoms with Gasteiger partial charge >= 0.3 is 0 Å². The van der Waals surface area contributed by atoms with Crippen LogP contribution in [0.15, 0.2) is 54.6 Å². The van der Waals surface area contributed by atoms with Gasteiger partial charge in [0.2, 0.25) is 15.9 Å². The smallest absolute Gasteiger partial charge is 0.240 e. The molecular formula is C20H26N2O4S. The second-order valence-corrected chi connectivity index (χ2v) is 8.19. The second-order valence-electron chi connectivity index (χ2n) is 6.29. The summed E-state index contributed by atoms with van der Waals surface area (Å²) in [5.74, 6) is 0.183. The molecule has 0 aliphatic rings. The number of sulfonamides is 1. The first-order valence-electron chi connectivity index (χ1n) is 8.84. The zero-order valence-corrected chi connectivity index (χ0v) is 16.7. The molecule has 0 aliphatic heterocycles. The Labute approximate surface area is 161 Å². The number of hydrogen-bond acceptors (Lipinski definition) is 4. The van der Waals surface area contributed by atoms with Crippen LogP contribution in [0.25, 0.3) is 0 Å². The Kier molecular flexibility index (Phi) is 7.24. The molecule has 1 atom stereocenters. The third-order valence-electron chi connectivity index (χ3n) is 4.10. The molecule has 1 amide bonds. The lowest BCUT2D eigenvalue weighted by Gasteiger charge is -2.24. The van der Waals surface area contributed by atoms with Gasteiger partial charge in [-0.15, -0.1) is 0 Å². The molecule has 0 bridgehead atoms. The summed E-state index contributed by atoms with van der Waals surface area (Å²) in [7, 11) is -3.65. The number of carbonyl (C=O) groups is 1. The molecule has 0 aromatic heterocycles. The first-order valence-corrected chi connectivity index (χ1v) is 10.7. The van der Waals surface area contributed by atoms with E-state index in [1.54, 1.807) is 24.3 Å². The van der Waals surface area contributed by atoms with E-state index in [1.165, 1.54) is 0 Å². The van der Waals surface area contributed by atoms with Crippen molar-refractivity contribution in [2.45, 2.75) is 19.8 Å². The van der Waals surface area contributed by atoms with Crippen LogP contribution in [-0.4, -0.2) is 40.3 Å². The van der Waals surface area contributed by atoms with Crippen molar-refractivity contribution in [1.82, 2.24) is 5.32 Å². The fourth-order valence-corrected chi connectivity index (χ4v) is 3.53. The van der Waals surface area contributed by atoms with E-state index in [2.05, 4.69) is 5.32 Å². The minimum atomic E-state index is -3.65. The van der Waals surface area contributed by atoms with E-state index in [4.69, 9.17) is 4.74 Å². The SMILES string of the molecule is CCOc1ccccc1N(CC(=O)NC[C@H](C)c1ccccc1)S(C)(=O)=O. The van der Waals surface area contributed by atoms with Crippen LogP contribution in [0.1, 0.15) is 25.3 Å². The lowest BCUT2D eigenvalue weighted by Crippen LogP contribution is -2.41. The van der Waals surface area contributed by atoms with Gasteiger partial charge in [-0.1, -0.05) is 49.4 Å². The molecule has 0 saturated heterocycles. The number of hydrogen-bond donors (Lipinski definition) is 1. The van der Waals surface area contributed by atoms with Crippen LogP contribution < -0.4 is 14.4 Å². The highest BCUT2D eigenvalue weighted by Gasteiger charge is 2.24. The molecule has 0 heterocycles. The number of ether oxygens (including phenoxy) is 1. The Morgan fingerprint density at radius 1 is 1.11 bits per heavy atom. The summed E-state index contributed by atoms with van der Waals surface area (Å²) < 4.78 is 31.1. The summed E-state index contributed by atoms with van der Waals surface area (Å²) in [6.45, 7) is 4.35. The highest BCUT2D eigenvalue weighted by atomic mass is 32.2. The quantitative estimate of drug-likeness (QED) is 0.714. The fourth-order valence-electron chi connectivity index (χ4n) is 2.67. The minimum absolute atomic E-state index is 0.123. The van der Waals surface area contributed by atoms with E-state index in [0.29, 0.717) is 24.6 Å². The lowest BCUT2D eigenvalue weighted by atomic mass is 10.0. The van der Waals surface area contributed by atoms with Gasteiger partial charge < -0.3 is 10.1 Å². The van der Waals surface area contributed by atoms with E-state index < -0.39 is 10.0 Å². The van der Waals surface area contributed by atoms with E-state index in [9.17, 15) is 13.2 Å². The third kappa shape index (κ3) is 5.99. The van der Waals surface area contributed by atoms with Crippen molar-refractivity contribution < 1.29 is 17.9 Å². The van der Waals surface area contributed by atoms with Gasteiger partial charge in [0, 0.05) is 6.54 Å². The molecule has 7 heteroatoms. The molecule has 146 valence electrons. The van der Waals surface area contributed by atoms with Gasteiger partial charge in [0.05, 0.1) is 18.6 Å². The highest BCUT2D eigenvalue weighted by molar-refractivity contribution is 7.92. The van der Waals surface area contributed by atoms with E-state index in [0.717, 1.165) is 16.1 Å². The van der Waals surface area contributed by atoms with Crippen molar-refractivity contribution in [2.24, 2.45) is 0 Å². The molecule has 0 fully saturated rings. The summed E-state index contributed by atoms with van der Waals surface area (Å²) in [4.78, 5) is 12.4. The van der Waals surface area contributed by atoms with Crippen molar-refractivity contribution in [1.29, 1.82) is 0 Å². The maximum absolute atomic E-state index is 12.4. The molecule has 2 rings (SSSR count). The first-order chi connectivity index (χ1) is 12.8. The molecule has 2 aromatic rings. The zero-order valence-electron chi connectivity index (χ0n) is 15.9. The van der Waals surface area contributed by atoms with Crippen LogP contribution in [0.5, 0.6) is 5.75 Å². The minimum Gasteiger partial charge on any atom is -0.492 e. The average Bonchev–Trinajstić information content (AvgIpc) is 2.65. The molecular weight excluding hydrogens is 364 g/mol. The summed E-state index contributed by atoms with van der Waals surface area (Å²) in [5.41, 5.74) is 1.47. The van der Waals surface area contributed by atoms with Gasteiger partial charge in [-0.25, -0.2) is 8.42 Å². The number of para-hydroxylation sites is 2. The Morgan fingerprint density at radius 2 is 1.74 bits per heavy atom. The van der Waals surface area contributed by atoms with Gasteiger partial charge in [0.1, 0.15) is 12.3 Å². The third-order valence-corrected chi connectivity index (χ3v) is 5.22. The van der Waals surface area contributed by atoms with E-state index in [1.807, 2.05) is 44.2 Å². The number of rotatable bonds is 9. The van der Waals surface area contributed by atoms with E-state index >= 15 is 0 Å². The summed E-state index contributed by atoms with van der Waals surface area (Å²) >= 11 is 0. The second kappa shape index (κ2) is 9.41. The summed E-state index contributed by atoms with van der Waals surface area (Å²) in [6, 6.07) is 16.6. The van der Waals surface area contributed by atoms with Gasteiger partial charge in [0.25, 0.3) is 0 Å². The Balaban J connectivity index is 2.10. The Morgan fingerprint density at radius 3 is 2.37 bits per heavy atom. The first kappa shape index (κ1) is 20.8. The standard InChI is InChI=1S/C20H26N2O4S/c1-4-26-19-13-9-8-12-18(19)22(27(3,24)25)15-20(23)21-14-16(2)17-10-6-5-7-11-17/h5-13,16H,4,14-15H2,1-3H3,(H,21,23)/t16-/m0/s1. The van der Waals surface area contributed by atoms with Crippen LogP contribution >= 0.6 is 0 Å². The van der Waals surface area contributed by atoms with Crippen molar-refractivity contribution >= 4 is 21.6 Å². The fraction of sp³-hybridized carbons (Fsp3) is 0.350. The maximum atomic E-state index is 12.4. The molecule has 1 N–H and O–H groups in total. The number of amides is 1. The van der Waals surface area contributed by atoms with Crippen molar-refractivity contribution in [3.8, 4) is 5.75 Å². The zero-order chi connectivity index (χ0) is 19.9. The highest BCUT2D eigenvalue weighted by Crippen LogP contribution is 2.29. The monoisotopic (exact) mass is 390 g/mol. The van der Waals surface area contributed by atoms with Crippen LogP contribution in [0, 0.1) is 0 Å². The molecule has 6 nitrogen and oxygen atoms in total. The molecule has 0 spiro atoms. The van der Waals surface area contributed by atoms with Crippen LogP contribution in [0.3, 0.4) is 0 Å². The molecule has 27 heavy (non-hydrogen) atoms. The number of benzene rings is 2. The molecule has 0 saturated carbocycles. The van der Waals surface area contributed by atoms with Gasteiger partial charge in [-0.2, -0.15) is 0 Å². The number of nitrogens with zero attached hydrogens (tertiary/aromatic N) is 1. The largest absolute Gasteiger partial charge is 0.492 e. The topological polar surface area (TPSA) is 75.7 Å². The number of nitrogens with one attached hydrogen (secondary N) is 1. The molecule has 2 aromatic carbocycles. The lowest BCUT2D eigenvalue weighted by molar-refractivity contribution is -0.119. The number of carbonyl (C=O) groups excluding carboxylic acids is 1. The van der Waals surface area contributed by atoms with Gasteiger partial charge in [-0.05, 0) is 30.5 Å². The predicted octanol–water partition coefficient (Wildman–Crippen LogP) is 2.77. The molecule has 0 aliphatic carbocycles. The number of anilines is 1. The van der Waals surface area contributed by atoms with Crippen LogP contribution in [0.2, 0.25) is 0 Å². The predicted molar refractivity (Wildman–Crippen MR) is 108 cm³/mol.